The van der Waals surface area contributed by atoms with Gasteiger partial charge in [-0.1, -0.05) is 43.0 Å². The first kappa shape index (κ1) is 20.0. The van der Waals surface area contributed by atoms with E-state index < -0.39 is 5.97 Å². The lowest BCUT2D eigenvalue weighted by molar-refractivity contribution is -0.140. The van der Waals surface area contributed by atoms with E-state index >= 15 is 0 Å². The van der Waals surface area contributed by atoms with Crippen LogP contribution in [-0.4, -0.2) is 39.5 Å². The summed E-state index contributed by atoms with van der Waals surface area (Å²) in [5, 5.41) is 2.10. The monoisotopic (exact) mass is 382 g/mol. The molecular formula is C23H26O5. The second-order valence-corrected chi connectivity index (χ2v) is 6.62. The van der Waals surface area contributed by atoms with Gasteiger partial charge in [0.1, 0.15) is 24.7 Å². The molecule has 0 aliphatic heterocycles. The first-order valence-electron chi connectivity index (χ1n) is 9.42. The minimum atomic E-state index is -0.399. The van der Waals surface area contributed by atoms with Crippen molar-refractivity contribution in [3.63, 3.8) is 0 Å². The van der Waals surface area contributed by atoms with Gasteiger partial charge in [-0.3, -0.25) is 0 Å². The molecule has 1 aliphatic rings. The molecule has 0 saturated carbocycles. The summed E-state index contributed by atoms with van der Waals surface area (Å²) in [6.07, 6.45) is 5.99. The molecule has 0 bridgehead atoms. The number of ether oxygens (including phenoxy) is 4. The molecule has 0 saturated heterocycles. The van der Waals surface area contributed by atoms with E-state index in [1.165, 1.54) is 11.1 Å². The smallest absolute Gasteiger partial charge is 0.333 e. The molecule has 0 radical (unpaired) electrons. The molecule has 5 heteroatoms. The number of hydrogen-bond donors (Lipinski definition) is 0. The molecule has 0 spiro atoms. The Morgan fingerprint density at radius 1 is 0.964 bits per heavy atom. The highest BCUT2D eigenvalue weighted by atomic mass is 16.6. The van der Waals surface area contributed by atoms with Crippen LogP contribution in [-0.2, 0) is 27.1 Å². The summed E-state index contributed by atoms with van der Waals surface area (Å²) in [5.74, 6) is 1.43. The highest BCUT2D eigenvalue weighted by Gasteiger charge is 2.21. The Labute approximate surface area is 165 Å². The van der Waals surface area contributed by atoms with Crippen LogP contribution in [0.4, 0.5) is 0 Å². The highest BCUT2D eigenvalue weighted by Crippen LogP contribution is 2.42. The van der Waals surface area contributed by atoms with Gasteiger partial charge in [-0.2, -0.15) is 0 Å². The van der Waals surface area contributed by atoms with Gasteiger partial charge in [0.25, 0.3) is 0 Å². The molecule has 1 aliphatic carbocycles. The van der Waals surface area contributed by atoms with E-state index in [-0.39, 0.29) is 6.61 Å². The topological polar surface area (TPSA) is 54.0 Å². The third-order valence-electron chi connectivity index (χ3n) is 4.63. The number of benzene rings is 2. The van der Waals surface area contributed by atoms with Crippen LogP contribution in [0.5, 0.6) is 11.5 Å². The number of methoxy groups -OCH3 is 1. The second-order valence-electron chi connectivity index (χ2n) is 6.62. The summed E-state index contributed by atoms with van der Waals surface area (Å²) >= 11 is 0. The lowest BCUT2D eigenvalue weighted by Crippen LogP contribution is -2.15. The number of hydrogen-bond acceptors (Lipinski definition) is 5. The number of carbonyl (C=O) groups is 1. The summed E-state index contributed by atoms with van der Waals surface area (Å²) in [5.41, 5.74) is 2.74. The molecule has 2 aromatic carbocycles. The number of rotatable bonds is 9. The average Bonchev–Trinajstić information content (AvgIpc) is 2.72. The van der Waals surface area contributed by atoms with Crippen molar-refractivity contribution in [3.05, 3.63) is 59.7 Å². The van der Waals surface area contributed by atoms with E-state index in [0.717, 1.165) is 35.1 Å². The number of fused-ring (bicyclic) bond motifs is 2. The molecule has 0 aromatic heterocycles. The Hall–Kier alpha value is -2.79. The quantitative estimate of drug-likeness (QED) is 0.284. The normalized spacial score (nSPS) is 12.5. The summed E-state index contributed by atoms with van der Waals surface area (Å²) < 4.78 is 22.4. The first-order valence-corrected chi connectivity index (χ1v) is 9.42. The van der Waals surface area contributed by atoms with E-state index in [4.69, 9.17) is 18.9 Å². The van der Waals surface area contributed by atoms with E-state index in [2.05, 4.69) is 30.9 Å². The Kier molecular flexibility index (Phi) is 6.71. The largest absolute Gasteiger partial charge is 0.496 e. The van der Waals surface area contributed by atoms with Crippen molar-refractivity contribution in [1.29, 1.82) is 0 Å². The maximum absolute atomic E-state index is 11.3. The molecule has 28 heavy (non-hydrogen) atoms. The van der Waals surface area contributed by atoms with Crippen LogP contribution in [0.1, 0.15) is 18.1 Å². The fraction of sp³-hybridized carbons (Fsp3) is 0.348. The van der Waals surface area contributed by atoms with Crippen molar-refractivity contribution in [3.8, 4) is 11.5 Å². The SMILES string of the molecule is C=C(C)C(=O)OCCOCCOc1c2c(c(OC)c3ccccc13)CC=CC2. The summed E-state index contributed by atoms with van der Waals surface area (Å²) in [6, 6.07) is 8.14. The Balaban J connectivity index is 1.65. The van der Waals surface area contributed by atoms with Crippen LogP contribution in [0.2, 0.25) is 0 Å². The fourth-order valence-electron chi connectivity index (χ4n) is 3.33. The zero-order chi connectivity index (χ0) is 19.9. The molecule has 148 valence electrons. The minimum Gasteiger partial charge on any atom is -0.496 e. The van der Waals surface area contributed by atoms with Gasteiger partial charge in [0.05, 0.1) is 20.3 Å². The Morgan fingerprint density at radius 3 is 2.21 bits per heavy atom. The molecular weight excluding hydrogens is 356 g/mol. The maximum atomic E-state index is 11.3. The van der Waals surface area contributed by atoms with Crippen LogP contribution in [0, 0.1) is 0 Å². The predicted octanol–water partition coefficient (Wildman–Crippen LogP) is 4.02. The molecule has 5 nitrogen and oxygen atoms in total. The van der Waals surface area contributed by atoms with Crippen LogP contribution in [0.3, 0.4) is 0 Å². The van der Waals surface area contributed by atoms with Crippen LogP contribution < -0.4 is 9.47 Å². The molecule has 0 unspecified atom stereocenters. The van der Waals surface area contributed by atoms with Crippen molar-refractivity contribution in [1.82, 2.24) is 0 Å². The van der Waals surface area contributed by atoms with Crippen molar-refractivity contribution < 1.29 is 23.7 Å². The zero-order valence-corrected chi connectivity index (χ0v) is 16.5. The van der Waals surface area contributed by atoms with E-state index in [1.807, 2.05) is 12.1 Å². The van der Waals surface area contributed by atoms with Gasteiger partial charge in [-0.25, -0.2) is 4.79 Å². The highest BCUT2D eigenvalue weighted by molar-refractivity contribution is 5.96. The number of esters is 1. The zero-order valence-electron chi connectivity index (χ0n) is 16.5. The van der Waals surface area contributed by atoms with Crippen molar-refractivity contribution in [2.75, 3.05) is 33.5 Å². The number of carbonyl (C=O) groups excluding carboxylic acids is 1. The number of allylic oxidation sites excluding steroid dienone is 2. The van der Waals surface area contributed by atoms with E-state index in [1.54, 1.807) is 14.0 Å². The van der Waals surface area contributed by atoms with Crippen LogP contribution >= 0.6 is 0 Å². The molecule has 2 aromatic rings. The van der Waals surface area contributed by atoms with E-state index in [0.29, 0.717) is 25.4 Å². The summed E-state index contributed by atoms with van der Waals surface area (Å²) in [4.78, 5) is 11.3. The molecule has 3 rings (SSSR count). The summed E-state index contributed by atoms with van der Waals surface area (Å²) in [6.45, 7) is 6.52. The second kappa shape index (κ2) is 9.42. The van der Waals surface area contributed by atoms with Gasteiger partial charge in [0.2, 0.25) is 0 Å². The molecule has 0 N–H and O–H groups in total. The van der Waals surface area contributed by atoms with Gasteiger partial charge in [0, 0.05) is 27.5 Å². The van der Waals surface area contributed by atoms with Crippen molar-refractivity contribution in [2.24, 2.45) is 0 Å². The minimum absolute atomic E-state index is 0.206. The summed E-state index contributed by atoms with van der Waals surface area (Å²) in [7, 11) is 1.72. The lowest BCUT2D eigenvalue weighted by atomic mass is 9.90. The average molecular weight is 382 g/mol. The van der Waals surface area contributed by atoms with Gasteiger partial charge in [-0.05, 0) is 19.8 Å². The van der Waals surface area contributed by atoms with Crippen molar-refractivity contribution >= 4 is 16.7 Å². The standard InChI is InChI=1S/C23H26O5/c1-16(2)23(24)28-15-13-26-12-14-27-22-19-10-6-4-8-17(19)21(25-3)18-9-5-7-11-20(18)22/h4-8,10H,1,9,11-15H2,2-3H3. The predicted molar refractivity (Wildman–Crippen MR) is 109 cm³/mol. The first-order chi connectivity index (χ1) is 13.6. The van der Waals surface area contributed by atoms with Crippen LogP contribution in [0.15, 0.2) is 48.6 Å². The fourth-order valence-corrected chi connectivity index (χ4v) is 3.33. The van der Waals surface area contributed by atoms with Gasteiger partial charge in [0.15, 0.2) is 0 Å². The molecule has 0 amide bonds. The third kappa shape index (κ3) is 4.37. The van der Waals surface area contributed by atoms with Gasteiger partial charge < -0.3 is 18.9 Å². The lowest BCUT2D eigenvalue weighted by Gasteiger charge is -2.22. The molecule has 0 heterocycles. The Morgan fingerprint density at radius 2 is 1.57 bits per heavy atom. The van der Waals surface area contributed by atoms with Crippen molar-refractivity contribution in [2.45, 2.75) is 19.8 Å². The molecule has 0 fully saturated rings. The molecule has 0 atom stereocenters. The maximum Gasteiger partial charge on any atom is 0.333 e. The third-order valence-corrected chi connectivity index (χ3v) is 4.63. The van der Waals surface area contributed by atoms with E-state index in [9.17, 15) is 4.79 Å². The van der Waals surface area contributed by atoms with Crippen LogP contribution in [0.25, 0.3) is 10.8 Å². The van der Waals surface area contributed by atoms with Gasteiger partial charge in [-0.15, -0.1) is 0 Å². The Bertz CT molecular complexity index is 897. The van der Waals surface area contributed by atoms with Gasteiger partial charge >= 0.3 is 5.97 Å².